The van der Waals surface area contributed by atoms with Gasteiger partial charge in [-0.2, -0.15) is 5.26 Å². The molecular weight excluding hydrogens is 488 g/mol. The van der Waals surface area contributed by atoms with Crippen LogP contribution in [0.25, 0.3) is 10.9 Å². The number of nitrogens with one attached hydrogen (secondary N) is 1. The normalized spacial score (nSPS) is 10.3. The van der Waals surface area contributed by atoms with Gasteiger partial charge in [0.15, 0.2) is 5.78 Å². The molecule has 0 aliphatic rings. The van der Waals surface area contributed by atoms with Crippen molar-refractivity contribution in [3.05, 3.63) is 101 Å². The first-order valence-electron chi connectivity index (χ1n) is 11.5. The Balaban J connectivity index is 1.68. The molecule has 0 atom stereocenters. The summed E-state index contributed by atoms with van der Waals surface area (Å²) in [6, 6.07) is 16.6. The smallest absolute Gasteiger partial charge is 0.167 e. The number of halogens is 1. The Hall–Kier alpha value is -4.63. The van der Waals surface area contributed by atoms with Crippen LogP contribution >= 0.6 is 11.6 Å². The van der Waals surface area contributed by atoms with Crippen LogP contribution in [0.15, 0.2) is 79.3 Å². The number of carbonyl (C=O) groups excluding carboxylic acids is 1. The zero-order valence-corrected chi connectivity index (χ0v) is 20.9. The maximum Gasteiger partial charge on any atom is 0.167 e. The monoisotopic (exact) mass is 510 g/mol. The molecule has 0 radical (unpaired) electrons. The highest BCUT2D eigenvalue weighted by Gasteiger charge is 2.16. The molecule has 4 aromatic rings. The van der Waals surface area contributed by atoms with E-state index >= 15 is 0 Å². The number of allylic oxidation sites excluding steroid dienone is 1. The Bertz CT molecular complexity index is 1540. The lowest BCUT2D eigenvalue weighted by atomic mass is 10.0. The van der Waals surface area contributed by atoms with Crippen LogP contribution < -0.4 is 14.8 Å². The first kappa shape index (κ1) is 25.5. The Kier molecular flexibility index (Phi) is 8.17. The van der Waals surface area contributed by atoms with E-state index in [1.54, 1.807) is 30.5 Å². The van der Waals surface area contributed by atoms with E-state index in [4.69, 9.17) is 21.1 Å². The molecular formula is C29H23ClN4O3. The fourth-order valence-electron chi connectivity index (χ4n) is 3.74. The SMILES string of the molecule is C=C=CC(=O)Cc1cc2c(Nc3ccc(OCc4ccccn4)c(Cl)c3)c(C#N)cnc2cc1OCC. The van der Waals surface area contributed by atoms with Crippen LogP contribution in [0, 0.1) is 11.3 Å². The molecule has 0 fully saturated rings. The fraction of sp³-hybridized carbons (Fsp3) is 0.138. The van der Waals surface area contributed by atoms with E-state index < -0.39 is 0 Å². The van der Waals surface area contributed by atoms with Crippen molar-refractivity contribution in [3.8, 4) is 17.6 Å². The maximum atomic E-state index is 12.3. The Labute approximate surface area is 219 Å². The lowest BCUT2D eigenvalue weighted by Gasteiger charge is -2.16. The first-order valence-corrected chi connectivity index (χ1v) is 11.9. The topological polar surface area (TPSA) is 97.1 Å². The molecule has 0 amide bonds. The van der Waals surface area contributed by atoms with E-state index in [-0.39, 0.29) is 18.8 Å². The van der Waals surface area contributed by atoms with E-state index in [1.165, 1.54) is 12.3 Å². The van der Waals surface area contributed by atoms with Gasteiger partial charge in [0.25, 0.3) is 0 Å². The van der Waals surface area contributed by atoms with Crippen LogP contribution in [0.1, 0.15) is 23.7 Å². The van der Waals surface area contributed by atoms with Crippen molar-refractivity contribution < 1.29 is 14.3 Å². The minimum atomic E-state index is -0.165. The quantitative estimate of drug-likeness (QED) is 0.197. The number of hydrogen-bond acceptors (Lipinski definition) is 7. The van der Waals surface area contributed by atoms with Gasteiger partial charge in [-0.15, -0.1) is 5.73 Å². The van der Waals surface area contributed by atoms with Crippen molar-refractivity contribution in [2.45, 2.75) is 20.0 Å². The Morgan fingerprint density at radius 2 is 2.03 bits per heavy atom. The molecule has 2 aromatic carbocycles. The third-order valence-electron chi connectivity index (χ3n) is 5.40. The number of pyridine rings is 2. The highest BCUT2D eigenvalue weighted by atomic mass is 35.5. The van der Waals surface area contributed by atoms with Crippen LogP contribution in [0.2, 0.25) is 5.02 Å². The number of ether oxygens (including phenoxy) is 2. The summed E-state index contributed by atoms with van der Waals surface area (Å²) in [7, 11) is 0. The minimum Gasteiger partial charge on any atom is -0.494 e. The van der Waals surface area contributed by atoms with Gasteiger partial charge in [0.05, 0.1) is 34.1 Å². The molecule has 2 aromatic heterocycles. The van der Waals surface area contributed by atoms with Crippen molar-refractivity contribution >= 4 is 39.7 Å². The number of hydrogen-bond donors (Lipinski definition) is 1. The number of fused-ring (bicyclic) bond motifs is 1. The van der Waals surface area contributed by atoms with Gasteiger partial charge in [-0.1, -0.05) is 24.2 Å². The number of aromatic nitrogens is 2. The molecule has 2 heterocycles. The van der Waals surface area contributed by atoms with E-state index in [0.717, 1.165) is 5.69 Å². The van der Waals surface area contributed by atoms with Gasteiger partial charge >= 0.3 is 0 Å². The molecule has 1 N–H and O–H groups in total. The Morgan fingerprint density at radius 3 is 2.73 bits per heavy atom. The summed E-state index contributed by atoms with van der Waals surface area (Å²) in [5.41, 5.74) is 6.11. The van der Waals surface area contributed by atoms with Crippen LogP contribution in [-0.2, 0) is 17.8 Å². The third kappa shape index (κ3) is 6.14. The van der Waals surface area contributed by atoms with Gasteiger partial charge in [-0.3, -0.25) is 14.8 Å². The van der Waals surface area contributed by atoms with E-state index in [1.807, 2.05) is 31.2 Å². The molecule has 184 valence electrons. The standard InChI is InChI=1S/C29H23ClN4O3/c1-3-7-23(35)12-19-13-24-26(15-28(19)36-4-2)33-17-20(16-31)29(24)34-21-9-10-27(25(30)14-21)37-18-22-8-5-6-11-32-22/h5-11,13-15,17H,1,4,12,18H2,2H3,(H,33,34). The molecule has 0 aliphatic carbocycles. The molecule has 0 spiro atoms. The number of nitrogens with zero attached hydrogens (tertiary/aromatic N) is 3. The fourth-order valence-corrected chi connectivity index (χ4v) is 3.98. The van der Waals surface area contributed by atoms with Crippen LogP contribution in [0.3, 0.4) is 0 Å². The molecule has 0 bridgehead atoms. The highest BCUT2D eigenvalue weighted by Crippen LogP contribution is 2.35. The van der Waals surface area contributed by atoms with Crippen molar-refractivity contribution in [1.29, 1.82) is 5.26 Å². The summed E-state index contributed by atoms with van der Waals surface area (Å²) in [6.45, 7) is 6.04. The summed E-state index contributed by atoms with van der Waals surface area (Å²) < 4.78 is 11.6. The van der Waals surface area contributed by atoms with Gasteiger partial charge in [0.1, 0.15) is 24.2 Å². The number of nitriles is 1. The minimum absolute atomic E-state index is 0.0954. The predicted molar refractivity (Wildman–Crippen MR) is 143 cm³/mol. The first-order chi connectivity index (χ1) is 18.0. The van der Waals surface area contributed by atoms with Gasteiger partial charge < -0.3 is 14.8 Å². The largest absolute Gasteiger partial charge is 0.494 e. The predicted octanol–water partition coefficient (Wildman–Crippen LogP) is 6.33. The zero-order chi connectivity index (χ0) is 26.2. The summed E-state index contributed by atoms with van der Waals surface area (Å²) in [6.07, 6.45) is 4.59. The Morgan fingerprint density at radius 1 is 1.16 bits per heavy atom. The summed E-state index contributed by atoms with van der Waals surface area (Å²) >= 11 is 6.49. The molecule has 0 aliphatic heterocycles. The number of carbonyl (C=O) groups is 1. The lowest BCUT2D eigenvalue weighted by Crippen LogP contribution is -2.04. The van der Waals surface area contributed by atoms with Crippen molar-refractivity contribution in [2.24, 2.45) is 0 Å². The van der Waals surface area contributed by atoms with Gasteiger partial charge in [-0.25, -0.2) is 0 Å². The van der Waals surface area contributed by atoms with Crippen molar-refractivity contribution in [1.82, 2.24) is 9.97 Å². The number of anilines is 2. The van der Waals surface area contributed by atoms with Crippen LogP contribution in [0.4, 0.5) is 11.4 Å². The maximum absolute atomic E-state index is 12.3. The van der Waals surface area contributed by atoms with Gasteiger partial charge in [-0.05, 0) is 43.3 Å². The highest BCUT2D eigenvalue weighted by molar-refractivity contribution is 6.32. The second kappa shape index (κ2) is 11.9. The molecule has 0 saturated carbocycles. The van der Waals surface area contributed by atoms with Crippen molar-refractivity contribution in [3.63, 3.8) is 0 Å². The van der Waals surface area contributed by atoms with E-state index in [2.05, 4.69) is 33.7 Å². The summed E-state index contributed by atoms with van der Waals surface area (Å²) in [4.78, 5) is 21.0. The summed E-state index contributed by atoms with van der Waals surface area (Å²) in [5, 5.41) is 14.1. The number of ketones is 1. The lowest BCUT2D eigenvalue weighted by molar-refractivity contribution is -0.114. The van der Waals surface area contributed by atoms with Crippen LogP contribution in [-0.4, -0.2) is 22.4 Å². The van der Waals surface area contributed by atoms with Gasteiger partial charge in [0.2, 0.25) is 0 Å². The molecule has 0 unspecified atom stereocenters. The number of benzene rings is 2. The second-order valence-electron chi connectivity index (χ2n) is 7.94. The molecule has 4 rings (SSSR count). The zero-order valence-electron chi connectivity index (χ0n) is 20.1. The molecule has 7 nitrogen and oxygen atoms in total. The average molecular weight is 511 g/mol. The molecule has 37 heavy (non-hydrogen) atoms. The van der Waals surface area contributed by atoms with E-state index in [9.17, 15) is 10.1 Å². The van der Waals surface area contributed by atoms with E-state index in [0.29, 0.717) is 56.5 Å². The summed E-state index contributed by atoms with van der Waals surface area (Å²) in [5.74, 6) is 0.902. The molecule has 0 saturated heterocycles. The van der Waals surface area contributed by atoms with Gasteiger partial charge in [0, 0.05) is 47.6 Å². The molecule has 8 heteroatoms. The second-order valence-corrected chi connectivity index (χ2v) is 8.35. The van der Waals surface area contributed by atoms with Crippen molar-refractivity contribution in [2.75, 3.05) is 11.9 Å². The number of rotatable bonds is 10. The third-order valence-corrected chi connectivity index (χ3v) is 5.70. The van der Waals surface area contributed by atoms with Crippen LogP contribution in [0.5, 0.6) is 11.5 Å². The average Bonchev–Trinajstić information content (AvgIpc) is 2.90.